The molecule has 0 N–H and O–H groups in total. The molecular weight excluding hydrogens is 265 g/mol. The number of nitrogens with zero attached hydrogens (tertiary/aromatic N) is 1. The van der Waals surface area contributed by atoms with Crippen LogP contribution in [0.15, 0.2) is 0 Å². The average molecular weight is 291 g/mol. The highest BCUT2D eigenvalue weighted by Gasteiger charge is 2.47. The Hall–Kier alpha value is -0.400. The maximum absolute atomic E-state index is 13.0. The minimum Gasteiger partial charge on any atom is -0.342 e. The second-order valence-corrected chi connectivity index (χ2v) is 7.06. The average Bonchev–Trinajstić information content (AvgIpc) is 2.35. The standard InChI is InChI=1S/C13H26NO4P/c1-5-16-13(4,17-6-2)19(15,18-7-3)12-10-8-9-11-14/h5-10,12H2,1-4H3. The maximum Gasteiger partial charge on any atom is 0.260 e. The van der Waals surface area contributed by atoms with Crippen molar-refractivity contribution in [2.75, 3.05) is 26.0 Å². The van der Waals surface area contributed by atoms with Crippen LogP contribution in [0, 0.1) is 11.3 Å². The summed E-state index contributed by atoms with van der Waals surface area (Å²) in [5.41, 5.74) is -1.20. The van der Waals surface area contributed by atoms with Crippen molar-refractivity contribution in [2.45, 2.75) is 52.5 Å². The van der Waals surface area contributed by atoms with Gasteiger partial charge < -0.3 is 14.0 Å². The van der Waals surface area contributed by atoms with Gasteiger partial charge in [-0.3, -0.25) is 4.57 Å². The highest BCUT2D eigenvalue weighted by Crippen LogP contribution is 2.60. The van der Waals surface area contributed by atoms with E-state index in [1.165, 1.54) is 0 Å². The van der Waals surface area contributed by atoms with Crippen molar-refractivity contribution in [1.82, 2.24) is 0 Å². The van der Waals surface area contributed by atoms with Crippen LogP contribution in [0.3, 0.4) is 0 Å². The van der Waals surface area contributed by atoms with Crippen LogP contribution in [-0.2, 0) is 18.6 Å². The fraction of sp³-hybridized carbons (Fsp3) is 0.923. The van der Waals surface area contributed by atoms with E-state index >= 15 is 0 Å². The summed E-state index contributed by atoms with van der Waals surface area (Å²) in [5.74, 6) is 0. The van der Waals surface area contributed by atoms with Crippen molar-refractivity contribution in [3.05, 3.63) is 0 Å². The molecule has 0 aliphatic carbocycles. The van der Waals surface area contributed by atoms with Gasteiger partial charge in [-0.25, -0.2) is 0 Å². The summed E-state index contributed by atoms with van der Waals surface area (Å²) in [6, 6.07) is 2.08. The first kappa shape index (κ1) is 18.6. The van der Waals surface area contributed by atoms with Crippen LogP contribution in [-0.4, -0.2) is 31.5 Å². The summed E-state index contributed by atoms with van der Waals surface area (Å²) in [6.45, 7) is 8.33. The Balaban J connectivity index is 4.88. The number of hydrogen-bond donors (Lipinski definition) is 0. The fourth-order valence-corrected chi connectivity index (χ4v) is 4.37. The molecule has 5 nitrogen and oxygen atoms in total. The molecule has 0 fully saturated rings. The van der Waals surface area contributed by atoms with Crippen LogP contribution in [0.1, 0.15) is 47.0 Å². The van der Waals surface area contributed by atoms with Gasteiger partial charge >= 0.3 is 0 Å². The quantitative estimate of drug-likeness (QED) is 0.329. The number of hydrogen-bond acceptors (Lipinski definition) is 5. The zero-order valence-corrected chi connectivity index (χ0v) is 13.4. The van der Waals surface area contributed by atoms with Gasteiger partial charge in [0, 0.05) is 25.8 Å². The van der Waals surface area contributed by atoms with Gasteiger partial charge in [0.15, 0.2) is 0 Å². The first-order valence-corrected chi connectivity index (χ1v) is 8.69. The smallest absolute Gasteiger partial charge is 0.260 e. The third kappa shape index (κ3) is 5.62. The Labute approximate surface area is 116 Å². The largest absolute Gasteiger partial charge is 0.342 e. The van der Waals surface area contributed by atoms with Crippen molar-refractivity contribution in [3.8, 4) is 6.07 Å². The van der Waals surface area contributed by atoms with E-state index in [1.54, 1.807) is 13.8 Å². The van der Waals surface area contributed by atoms with Gasteiger partial charge in [0.2, 0.25) is 5.53 Å². The molecule has 19 heavy (non-hydrogen) atoms. The summed E-state index contributed by atoms with van der Waals surface area (Å²) < 4.78 is 29.7. The molecule has 0 aromatic carbocycles. The SMILES string of the molecule is CCOC(C)(OCC)P(=O)(CCCCC#N)OCC. The third-order valence-electron chi connectivity index (χ3n) is 2.77. The van der Waals surface area contributed by atoms with Crippen LogP contribution in [0.5, 0.6) is 0 Å². The van der Waals surface area contributed by atoms with Crippen LogP contribution < -0.4 is 0 Å². The summed E-state index contributed by atoms with van der Waals surface area (Å²) in [5, 5.41) is 8.53. The fourth-order valence-electron chi connectivity index (χ4n) is 1.89. The minimum atomic E-state index is -3.07. The lowest BCUT2D eigenvalue weighted by Crippen LogP contribution is -2.34. The molecular formula is C13H26NO4P. The number of nitriles is 1. The van der Waals surface area contributed by atoms with Crippen LogP contribution in [0.2, 0.25) is 0 Å². The molecule has 0 aliphatic heterocycles. The van der Waals surface area contributed by atoms with Crippen molar-refractivity contribution < 1.29 is 18.6 Å². The molecule has 0 saturated heterocycles. The van der Waals surface area contributed by atoms with E-state index in [-0.39, 0.29) is 0 Å². The lowest BCUT2D eigenvalue weighted by molar-refractivity contribution is -0.168. The van der Waals surface area contributed by atoms with E-state index in [0.717, 1.165) is 0 Å². The van der Waals surface area contributed by atoms with Crippen molar-refractivity contribution in [2.24, 2.45) is 0 Å². The van der Waals surface area contributed by atoms with Gasteiger partial charge in [-0.15, -0.1) is 0 Å². The monoisotopic (exact) mass is 291 g/mol. The minimum absolute atomic E-state index is 0.352. The zero-order valence-electron chi connectivity index (χ0n) is 12.5. The van der Waals surface area contributed by atoms with E-state index in [0.29, 0.717) is 45.2 Å². The molecule has 0 rings (SSSR count). The second kappa shape index (κ2) is 9.50. The first-order chi connectivity index (χ1) is 8.99. The lowest BCUT2D eigenvalue weighted by atomic mass is 10.3. The van der Waals surface area contributed by atoms with E-state index in [2.05, 4.69) is 6.07 Å². The van der Waals surface area contributed by atoms with Crippen molar-refractivity contribution >= 4 is 7.37 Å². The summed E-state index contributed by atoms with van der Waals surface area (Å²) in [6.07, 6.45) is 2.22. The van der Waals surface area contributed by atoms with Gasteiger partial charge in [0.25, 0.3) is 7.37 Å². The van der Waals surface area contributed by atoms with Crippen LogP contribution in [0.4, 0.5) is 0 Å². The van der Waals surface area contributed by atoms with Crippen molar-refractivity contribution in [3.63, 3.8) is 0 Å². The molecule has 0 saturated carbocycles. The van der Waals surface area contributed by atoms with Gasteiger partial charge in [-0.05, 0) is 40.5 Å². The topological polar surface area (TPSA) is 68.5 Å². The lowest BCUT2D eigenvalue weighted by Gasteiger charge is -2.36. The molecule has 0 aliphatic rings. The highest BCUT2D eigenvalue weighted by atomic mass is 31.2. The van der Waals surface area contributed by atoms with Gasteiger partial charge in [0.1, 0.15) is 0 Å². The predicted molar refractivity (Wildman–Crippen MR) is 75.2 cm³/mol. The van der Waals surface area contributed by atoms with E-state index in [9.17, 15) is 4.57 Å². The summed E-state index contributed by atoms with van der Waals surface area (Å²) in [7, 11) is -3.07. The van der Waals surface area contributed by atoms with Crippen LogP contribution in [0.25, 0.3) is 0 Å². The van der Waals surface area contributed by atoms with Gasteiger partial charge in [0.05, 0.1) is 12.7 Å². The Morgan fingerprint density at radius 3 is 2.11 bits per heavy atom. The summed E-state index contributed by atoms with van der Waals surface area (Å²) >= 11 is 0. The molecule has 112 valence electrons. The number of unbranched alkanes of at least 4 members (excludes halogenated alkanes) is 2. The maximum atomic E-state index is 13.0. The Kier molecular flexibility index (Phi) is 9.30. The molecule has 0 aromatic heterocycles. The molecule has 0 bridgehead atoms. The van der Waals surface area contributed by atoms with Crippen LogP contribution >= 0.6 is 7.37 Å². The normalized spacial score (nSPS) is 14.9. The summed E-state index contributed by atoms with van der Waals surface area (Å²) in [4.78, 5) is 0. The van der Waals surface area contributed by atoms with E-state index < -0.39 is 12.9 Å². The van der Waals surface area contributed by atoms with Gasteiger partial charge in [-0.2, -0.15) is 5.26 Å². The Morgan fingerprint density at radius 2 is 1.68 bits per heavy atom. The second-order valence-electron chi connectivity index (χ2n) is 4.19. The van der Waals surface area contributed by atoms with Crippen molar-refractivity contribution in [1.29, 1.82) is 5.26 Å². The molecule has 6 heteroatoms. The number of rotatable bonds is 11. The highest BCUT2D eigenvalue weighted by molar-refractivity contribution is 7.60. The molecule has 0 spiro atoms. The number of ether oxygens (including phenoxy) is 2. The predicted octanol–water partition coefficient (Wildman–Crippen LogP) is 3.74. The Morgan fingerprint density at radius 1 is 1.11 bits per heavy atom. The van der Waals surface area contributed by atoms with Gasteiger partial charge in [-0.1, -0.05) is 0 Å². The third-order valence-corrected chi connectivity index (χ3v) is 5.85. The molecule has 1 unspecified atom stereocenters. The molecule has 0 aromatic rings. The molecule has 0 heterocycles. The molecule has 0 amide bonds. The molecule has 0 radical (unpaired) electrons. The Bertz CT molecular complexity index is 321. The first-order valence-electron chi connectivity index (χ1n) is 6.88. The van der Waals surface area contributed by atoms with E-state index in [4.69, 9.17) is 19.3 Å². The zero-order chi connectivity index (χ0) is 14.8. The van der Waals surface area contributed by atoms with E-state index in [1.807, 2.05) is 13.8 Å². The molecule has 1 atom stereocenters.